The Balaban J connectivity index is 0.000000261. The molecule has 0 unspecified atom stereocenters. The number of Topliss-reactive ketones (excluding diaryl/α,β-unsaturated/α-hetero) is 2. The molecule has 0 atom stereocenters. The second-order valence-corrected chi connectivity index (χ2v) is 18.3. The minimum Gasteiger partial charge on any atom is -0.478 e. The Morgan fingerprint density at radius 2 is 0.873 bits per heavy atom. The average molecular weight is 956 g/mol. The van der Waals surface area contributed by atoms with Crippen molar-refractivity contribution in [3.63, 3.8) is 0 Å². The summed E-state index contributed by atoms with van der Waals surface area (Å²) in [5.41, 5.74) is 17.9. The lowest BCUT2D eigenvalue weighted by molar-refractivity contribution is -0.385. The number of aryl methyl sites for hydroxylation is 3. The standard InChI is InChI=1S/C19H18N2O3.C19H20N2O.C11H11NO2.C7H8N2O2/c1-13-7-8-14(9-17(13)21(23)24)10-18(22)15-5-4-6-16(11-15)19(2,3)12-20;1-13-7-8-14(9-17(13)21)10-18(22)15-5-4-6-16(11-15)19(2,3)12-20;1-11(2,7-12)9-5-3-4-8(6-9)10(13)14;1-5-2-3-6(8)4-7(5)9(10)11/h4-9,11H,10H2,1-3H3;4-9,11H,10,21H2,1-3H3;3-6H,1-2H3,(H,13,14);2-4H,8H2,1H3. The average Bonchev–Trinajstić information content (AvgIpc) is 3.34. The van der Waals surface area contributed by atoms with Crippen molar-refractivity contribution in [2.24, 2.45) is 0 Å². The molecule has 0 aliphatic heterocycles. The van der Waals surface area contributed by atoms with E-state index in [9.17, 15) is 45.1 Å². The molecule has 71 heavy (non-hydrogen) atoms. The number of hydrogen-bond donors (Lipinski definition) is 3. The van der Waals surface area contributed by atoms with Gasteiger partial charge in [0, 0.05) is 58.6 Å². The van der Waals surface area contributed by atoms with Crippen LogP contribution in [0.4, 0.5) is 22.7 Å². The van der Waals surface area contributed by atoms with Gasteiger partial charge in [-0.25, -0.2) is 4.79 Å². The third-order valence-corrected chi connectivity index (χ3v) is 11.5. The molecule has 6 aromatic rings. The van der Waals surface area contributed by atoms with E-state index in [0.717, 1.165) is 27.8 Å². The van der Waals surface area contributed by atoms with Gasteiger partial charge in [-0.05, 0) is 132 Å². The number of nitrogens with two attached hydrogens (primary N) is 2. The van der Waals surface area contributed by atoms with Gasteiger partial charge in [0.2, 0.25) is 0 Å². The fourth-order valence-electron chi connectivity index (χ4n) is 6.56. The van der Waals surface area contributed by atoms with Crippen molar-refractivity contribution in [2.45, 2.75) is 91.4 Å². The normalized spacial score (nSPS) is 10.7. The van der Waals surface area contributed by atoms with Gasteiger partial charge < -0.3 is 16.6 Å². The van der Waals surface area contributed by atoms with Gasteiger partial charge in [0.25, 0.3) is 11.4 Å². The number of rotatable bonds is 12. The number of carboxylic acids is 1. The molecule has 0 aliphatic carbocycles. The van der Waals surface area contributed by atoms with Gasteiger partial charge in [0.05, 0.1) is 49.9 Å². The quantitative estimate of drug-likeness (QED) is 0.0446. The number of carbonyl (C=O) groups excluding carboxylic acids is 2. The van der Waals surface area contributed by atoms with Gasteiger partial charge in [-0.15, -0.1) is 0 Å². The lowest BCUT2D eigenvalue weighted by atomic mass is 9.85. The first-order chi connectivity index (χ1) is 33.2. The van der Waals surface area contributed by atoms with Crippen molar-refractivity contribution < 1.29 is 29.3 Å². The van der Waals surface area contributed by atoms with Crippen LogP contribution in [0.15, 0.2) is 127 Å². The highest BCUT2D eigenvalue weighted by Gasteiger charge is 2.23. The molecule has 0 saturated heterocycles. The van der Waals surface area contributed by atoms with Crippen LogP contribution in [-0.4, -0.2) is 32.5 Å². The molecule has 0 spiro atoms. The van der Waals surface area contributed by atoms with E-state index in [1.807, 2.05) is 63.2 Å². The lowest BCUT2D eigenvalue weighted by Gasteiger charge is -2.16. The Labute approximate surface area is 413 Å². The molecule has 0 radical (unpaired) electrons. The first-order valence-electron chi connectivity index (χ1n) is 22.1. The zero-order valence-corrected chi connectivity index (χ0v) is 41.2. The molecule has 6 rings (SSSR count). The van der Waals surface area contributed by atoms with Gasteiger partial charge in [-0.2, -0.15) is 15.8 Å². The summed E-state index contributed by atoms with van der Waals surface area (Å²) in [4.78, 5) is 56.1. The van der Waals surface area contributed by atoms with Gasteiger partial charge in [0.1, 0.15) is 0 Å². The minimum absolute atomic E-state index is 0.0136. The number of anilines is 2. The third-order valence-electron chi connectivity index (χ3n) is 11.5. The highest BCUT2D eigenvalue weighted by atomic mass is 16.6. The summed E-state index contributed by atoms with van der Waals surface area (Å²) in [6.07, 6.45) is 0.387. The number of benzene rings is 6. The van der Waals surface area contributed by atoms with E-state index in [4.69, 9.17) is 21.8 Å². The molecule has 6 aromatic carbocycles. The monoisotopic (exact) mass is 955 g/mol. The zero-order chi connectivity index (χ0) is 53.4. The van der Waals surface area contributed by atoms with E-state index in [0.29, 0.717) is 45.6 Å². The molecule has 364 valence electrons. The van der Waals surface area contributed by atoms with E-state index < -0.39 is 32.1 Å². The number of nitrogens with zero attached hydrogens (tertiary/aromatic N) is 5. The molecular formula is C56H57N7O8. The van der Waals surface area contributed by atoms with Crippen LogP contribution in [0.5, 0.6) is 0 Å². The number of hydrogen-bond acceptors (Lipinski definition) is 12. The van der Waals surface area contributed by atoms with Crippen molar-refractivity contribution in [3.8, 4) is 18.2 Å². The Hall–Kier alpha value is -9.00. The second-order valence-electron chi connectivity index (χ2n) is 18.3. The van der Waals surface area contributed by atoms with Crippen molar-refractivity contribution in [1.82, 2.24) is 0 Å². The zero-order valence-electron chi connectivity index (χ0n) is 41.2. The molecule has 5 N–H and O–H groups in total. The van der Waals surface area contributed by atoms with Crippen LogP contribution in [0.2, 0.25) is 0 Å². The highest BCUT2D eigenvalue weighted by Crippen LogP contribution is 2.27. The number of aromatic carboxylic acids is 1. The Morgan fingerprint density at radius 1 is 0.521 bits per heavy atom. The highest BCUT2D eigenvalue weighted by molar-refractivity contribution is 5.98. The van der Waals surface area contributed by atoms with Crippen LogP contribution < -0.4 is 11.5 Å². The molecule has 0 saturated carbocycles. The number of carboxylic acid groups (broad SMARTS) is 1. The number of nitro benzene ring substituents is 2. The van der Waals surface area contributed by atoms with Crippen molar-refractivity contribution in [2.75, 3.05) is 11.5 Å². The Morgan fingerprint density at radius 3 is 1.24 bits per heavy atom. The predicted molar refractivity (Wildman–Crippen MR) is 274 cm³/mol. The SMILES string of the molecule is CC(C)(C#N)c1cccc(C(=O)O)c1.Cc1ccc(CC(=O)c2cccc(C(C)(C)C#N)c2)cc1N.Cc1ccc(CC(=O)c2cccc(C(C)(C)C#N)c2)cc1[N+](=O)[O-].Cc1ccc(N)cc1[N+](=O)[O-]. The summed E-state index contributed by atoms with van der Waals surface area (Å²) in [5, 5.41) is 57.4. The predicted octanol–water partition coefficient (Wildman–Crippen LogP) is 11.6. The molecule has 15 heteroatoms. The molecule has 0 heterocycles. The Kier molecular flexibility index (Phi) is 19.3. The summed E-state index contributed by atoms with van der Waals surface area (Å²) >= 11 is 0. The molecule has 0 bridgehead atoms. The fourth-order valence-corrected chi connectivity index (χ4v) is 6.56. The summed E-state index contributed by atoms with van der Waals surface area (Å²) in [7, 11) is 0. The second kappa shape index (κ2) is 24.3. The maximum absolute atomic E-state index is 12.5. The van der Waals surface area contributed by atoms with Crippen LogP contribution >= 0.6 is 0 Å². The first kappa shape index (κ1) is 56.3. The van der Waals surface area contributed by atoms with E-state index in [1.165, 1.54) is 24.3 Å². The minimum atomic E-state index is -0.972. The van der Waals surface area contributed by atoms with Gasteiger partial charge >= 0.3 is 5.97 Å². The van der Waals surface area contributed by atoms with E-state index >= 15 is 0 Å². The van der Waals surface area contributed by atoms with E-state index in [2.05, 4.69) is 18.2 Å². The number of nitriles is 3. The smallest absolute Gasteiger partial charge is 0.335 e. The first-order valence-corrected chi connectivity index (χ1v) is 22.1. The van der Waals surface area contributed by atoms with Crippen LogP contribution in [0, 0.1) is 75.0 Å². The fraction of sp³-hybridized carbons (Fsp3) is 0.250. The number of nitro groups is 2. The van der Waals surface area contributed by atoms with E-state index in [-0.39, 0.29) is 34.9 Å². The molecule has 0 aliphatic rings. The van der Waals surface area contributed by atoms with Gasteiger partial charge in [0.15, 0.2) is 11.6 Å². The molecule has 15 nitrogen and oxygen atoms in total. The largest absolute Gasteiger partial charge is 0.478 e. The summed E-state index contributed by atoms with van der Waals surface area (Å²) in [5.74, 6) is -1.08. The maximum Gasteiger partial charge on any atom is 0.335 e. The number of carbonyl (C=O) groups is 3. The van der Waals surface area contributed by atoms with E-state index in [1.54, 1.807) is 102 Å². The van der Waals surface area contributed by atoms with Crippen molar-refractivity contribution in [3.05, 3.63) is 209 Å². The topological polar surface area (TPSA) is 281 Å². The molecule has 0 fully saturated rings. The third kappa shape index (κ3) is 16.1. The van der Waals surface area contributed by atoms with Crippen molar-refractivity contribution in [1.29, 1.82) is 15.8 Å². The Bertz CT molecular complexity index is 3100. The van der Waals surface area contributed by atoms with Crippen LogP contribution in [0.1, 0.15) is 117 Å². The summed E-state index contributed by atoms with van der Waals surface area (Å²) in [6.45, 7) is 16.1. The van der Waals surface area contributed by atoms with Crippen LogP contribution in [0.3, 0.4) is 0 Å². The summed E-state index contributed by atoms with van der Waals surface area (Å²) < 4.78 is 0. The molecule has 0 aromatic heterocycles. The summed E-state index contributed by atoms with van der Waals surface area (Å²) in [6, 6.07) is 42.5. The van der Waals surface area contributed by atoms with Gasteiger partial charge in [-0.3, -0.25) is 29.8 Å². The van der Waals surface area contributed by atoms with Crippen LogP contribution in [-0.2, 0) is 29.1 Å². The molecule has 0 amide bonds. The van der Waals surface area contributed by atoms with Crippen molar-refractivity contribution >= 4 is 40.3 Å². The number of nitrogen functional groups attached to an aromatic ring is 2. The molecular weight excluding hydrogens is 899 g/mol. The number of ketones is 2. The maximum atomic E-state index is 12.5. The van der Waals surface area contributed by atoms with Gasteiger partial charge in [-0.1, -0.05) is 78.9 Å². The van der Waals surface area contributed by atoms with Crippen LogP contribution in [0.25, 0.3) is 0 Å². The lowest BCUT2D eigenvalue weighted by Crippen LogP contribution is -2.15.